The molecule has 0 saturated carbocycles. The van der Waals surface area contributed by atoms with Gasteiger partial charge in [-0.15, -0.1) is 0 Å². The third kappa shape index (κ3) is 3.24. The van der Waals surface area contributed by atoms with Crippen molar-refractivity contribution >= 4 is 21.7 Å². The summed E-state index contributed by atoms with van der Waals surface area (Å²) in [5, 5.41) is 0. The molecular weight excluding hydrogens is 390 g/mol. The van der Waals surface area contributed by atoms with Gasteiger partial charge in [-0.2, -0.15) is 0 Å². The van der Waals surface area contributed by atoms with E-state index in [9.17, 15) is 13.2 Å². The number of allylic oxidation sites excluding steroid dienone is 1. The molecule has 0 aromatic heterocycles. The molecule has 0 radical (unpaired) electrons. The molecule has 1 fully saturated rings. The summed E-state index contributed by atoms with van der Waals surface area (Å²) in [7, 11) is -2.96. The zero-order valence-corrected chi connectivity index (χ0v) is 16.9. The van der Waals surface area contributed by atoms with Crippen molar-refractivity contribution < 1.29 is 22.7 Å². The number of fused-ring (bicyclic) bond motifs is 2. The van der Waals surface area contributed by atoms with Crippen LogP contribution in [0.15, 0.2) is 42.2 Å². The first-order chi connectivity index (χ1) is 13.9. The molecule has 2 aromatic rings. The monoisotopic (exact) mass is 411 g/mol. The van der Waals surface area contributed by atoms with Crippen LogP contribution in [0.25, 0.3) is 6.08 Å². The second-order valence-electron chi connectivity index (χ2n) is 7.79. The van der Waals surface area contributed by atoms with Crippen LogP contribution in [-0.4, -0.2) is 43.4 Å². The normalized spacial score (nSPS) is 24.1. The average molecular weight is 411 g/mol. The maximum absolute atomic E-state index is 12.9. The molecule has 0 unspecified atom stereocenters. The lowest BCUT2D eigenvalue weighted by atomic mass is 9.99. The molecule has 0 aliphatic carbocycles. The van der Waals surface area contributed by atoms with Crippen LogP contribution in [0.1, 0.15) is 33.5 Å². The zero-order valence-electron chi connectivity index (χ0n) is 16.1. The minimum Gasteiger partial charge on any atom is -0.477 e. The van der Waals surface area contributed by atoms with E-state index in [1.807, 2.05) is 48.2 Å². The molecule has 5 rings (SSSR count). The van der Waals surface area contributed by atoms with E-state index >= 15 is 0 Å². The van der Waals surface area contributed by atoms with Gasteiger partial charge in [0.25, 0.3) is 0 Å². The number of Topliss-reactive ketones (excluding diaryl/α,β-unsaturated/α-hetero) is 1. The Morgan fingerprint density at radius 1 is 1.17 bits per heavy atom. The number of hydrogen-bond donors (Lipinski definition) is 0. The predicted octanol–water partition coefficient (Wildman–Crippen LogP) is 2.95. The van der Waals surface area contributed by atoms with Crippen molar-refractivity contribution in [2.75, 3.05) is 18.2 Å². The minimum atomic E-state index is -2.96. The number of carbonyl (C=O) groups excluding carboxylic acids is 1. The smallest absolute Gasteiger partial charge is 0.231 e. The molecule has 3 aliphatic rings. The molecule has 0 bridgehead atoms. The standard InChI is InChI=1S/C22H21NO5S/c1-14-21-16(11-23(13-27-21)17-7-8-29(25,26)12-17)10-18-20(24)19(28-22(14)18)9-15-5-3-2-4-6-15/h2-6,9-10,17H,7-8,11-13H2,1H3/b19-9+/t17-/m1/s1. The van der Waals surface area contributed by atoms with Crippen molar-refractivity contribution in [1.29, 1.82) is 0 Å². The molecule has 1 atom stereocenters. The first kappa shape index (κ1) is 18.4. The van der Waals surface area contributed by atoms with Gasteiger partial charge in [0.05, 0.1) is 17.1 Å². The van der Waals surface area contributed by atoms with Crippen LogP contribution >= 0.6 is 0 Å². The highest BCUT2D eigenvalue weighted by Crippen LogP contribution is 2.43. The summed E-state index contributed by atoms with van der Waals surface area (Å²) in [6.07, 6.45) is 2.37. The van der Waals surface area contributed by atoms with Gasteiger partial charge in [-0.05, 0) is 31.1 Å². The number of ketones is 1. The average Bonchev–Trinajstić information content (AvgIpc) is 3.23. The molecule has 3 aliphatic heterocycles. The van der Waals surface area contributed by atoms with Crippen molar-refractivity contribution in [3.05, 3.63) is 64.4 Å². The molecule has 7 heteroatoms. The van der Waals surface area contributed by atoms with Gasteiger partial charge in [0.1, 0.15) is 18.2 Å². The summed E-state index contributed by atoms with van der Waals surface area (Å²) in [4.78, 5) is 15.0. The molecule has 2 aromatic carbocycles. The van der Waals surface area contributed by atoms with Gasteiger partial charge in [0.15, 0.2) is 15.6 Å². The SMILES string of the molecule is Cc1c2c(cc3c1O/C(=C/c1ccccc1)C3=O)CN([C@@H]1CCS(=O)(=O)C1)CO2. The molecule has 1 saturated heterocycles. The Labute approximate surface area is 169 Å². The van der Waals surface area contributed by atoms with E-state index in [4.69, 9.17) is 9.47 Å². The number of carbonyl (C=O) groups is 1. The zero-order chi connectivity index (χ0) is 20.2. The summed E-state index contributed by atoms with van der Waals surface area (Å²) in [5.41, 5.74) is 3.14. The third-order valence-electron chi connectivity index (χ3n) is 5.79. The maximum atomic E-state index is 12.9. The van der Waals surface area contributed by atoms with Crippen LogP contribution in [0.2, 0.25) is 0 Å². The van der Waals surface area contributed by atoms with E-state index < -0.39 is 9.84 Å². The number of nitrogens with zero attached hydrogens (tertiary/aromatic N) is 1. The molecule has 0 spiro atoms. The van der Waals surface area contributed by atoms with Gasteiger partial charge < -0.3 is 9.47 Å². The Morgan fingerprint density at radius 3 is 2.69 bits per heavy atom. The Bertz CT molecular complexity index is 1140. The third-order valence-corrected chi connectivity index (χ3v) is 7.54. The summed E-state index contributed by atoms with van der Waals surface area (Å²) in [5.74, 6) is 1.83. The highest BCUT2D eigenvalue weighted by Gasteiger charge is 2.37. The van der Waals surface area contributed by atoms with Gasteiger partial charge in [-0.25, -0.2) is 8.42 Å². The number of hydrogen-bond acceptors (Lipinski definition) is 6. The molecular formula is C22H21NO5S. The van der Waals surface area contributed by atoms with Crippen LogP contribution in [0.5, 0.6) is 11.5 Å². The largest absolute Gasteiger partial charge is 0.477 e. The number of benzene rings is 2. The first-order valence-electron chi connectivity index (χ1n) is 9.64. The summed E-state index contributed by atoms with van der Waals surface area (Å²) in [6, 6.07) is 11.4. The van der Waals surface area contributed by atoms with Crippen LogP contribution in [0.4, 0.5) is 0 Å². The first-order valence-corrected chi connectivity index (χ1v) is 11.5. The van der Waals surface area contributed by atoms with Gasteiger partial charge in [-0.3, -0.25) is 9.69 Å². The van der Waals surface area contributed by atoms with Crippen molar-refractivity contribution in [2.24, 2.45) is 0 Å². The molecule has 0 amide bonds. The summed E-state index contributed by atoms with van der Waals surface area (Å²) >= 11 is 0. The maximum Gasteiger partial charge on any atom is 0.231 e. The fraction of sp³-hybridized carbons (Fsp3) is 0.318. The van der Waals surface area contributed by atoms with E-state index in [0.717, 1.165) is 22.4 Å². The van der Waals surface area contributed by atoms with Crippen molar-refractivity contribution in [1.82, 2.24) is 4.90 Å². The van der Waals surface area contributed by atoms with Crippen LogP contribution in [0.3, 0.4) is 0 Å². The highest BCUT2D eigenvalue weighted by molar-refractivity contribution is 7.91. The second kappa shape index (κ2) is 6.71. The Kier molecular flexibility index (Phi) is 4.26. The number of rotatable bonds is 2. The molecule has 3 heterocycles. The Morgan fingerprint density at radius 2 is 1.97 bits per heavy atom. The lowest BCUT2D eigenvalue weighted by molar-refractivity contribution is 0.0637. The Hall–Kier alpha value is -2.64. The van der Waals surface area contributed by atoms with E-state index in [2.05, 4.69) is 0 Å². The summed E-state index contributed by atoms with van der Waals surface area (Å²) < 4.78 is 35.6. The minimum absolute atomic E-state index is 0.0396. The lowest BCUT2D eigenvalue weighted by Gasteiger charge is -2.33. The topological polar surface area (TPSA) is 72.9 Å². The van der Waals surface area contributed by atoms with Crippen molar-refractivity contribution in [3.63, 3.8) is 0 Å². The van der Waals surface area contributed by atoms with E-state index in [1.54, 1.807) is 6.08 Å². The van der Waals surface area contributed by atoms with Gasteiger partial charge >= 0.3 is 0 Å². The van der Waals surface area contributed by atoms with E-state index in [0.29, 0.717) is 36.8 Å². The molecule has 6 nitrogen and oxygen atoms in total. The van der Waals surface area contributed by atoms with Gasteiger partial charge in [0.2, 0.25) is 5.78 Å². The van der Waals surface area contributed by atoms with E-state index in [-0.39, 0.29) is 23.3 Å². The van der Waals surface area contributed by atoms with Gasteiger partial charge in [-0.1, -0.05) is 30.3 Å². The van der Waals surface area contributed by atoms with Crippen LogP contribution in [-0.2, 0) is 16.4 Å². The highest BCUT2D eigenvalue weighted by atomic mass is 32.2. The fourth-order valence-corrected chi connectivity index (χ4v) is 6.03. The fourth-order valence-electron chi connectivity index (χ4n) is 4.26. The lowest BCUT2D eigenvalue weighted by Crippen LogP contribution is -2.41. The van der Waals surface area contributed by atoms with Crippen LogP contribution in [0, 0.1) is 6.92 Å². The number of ether oxygens (including phenoxy) is 2. The summed E-state index contributed by atoms with van der Waals surface area (Å²) in [6.45, 7) is 2.80. The predicted molar refractivity (Wildman–Crippen MR) is 109 cm³/mol. The van der Waals surface area contributed by atoms with Gasteiger partial charge in [0, 0.05) is 23.7 Å². The number of sulfone groups is 1. The second-order valence-corrected chi connectivity index (χ2v) is 10.0. The Balaban J connectivity index is 1.45. The van der Waals surface area contributed by atoms with Crippen molar-refractivity contribution in [3.8, 4) is 11.5 Å². The molecule has 0 N–H and O–H groups in total. The quantitative estimate of drug-likeness (QED) is 0.708. The molecule has 29 heavy (non-hydrogen) atoms. The molecule has 150 valence electrons. The van der Waals surface area contributed by atoms with Crippen LogP contribution < -0.4 is 9.47 Å². The van der Waals surface area contributed by atoms with E-state index in [1.165, 1.54) is 0 Å². The van der Waals surface area contributed by atoms with Crippen molar-refractivity contribution in [2.45, 2.75) is 25.9 Å².